The van der Waals surface area contributed by atoms with Crippen molar-refractivity contribution in [2.24, 2.45) is 5.92 Å². The van der Waals surface area contributed by atoms with Gasteiger partial charge >= 0.3 is 0 Å². The van der Waals surface area contributed by atoms with Crippen LogP contribution in [0.2, 0.25) is 0 Å². The summed E-state index contributed by atoms with van der Waals surface area (Å²) in [6, 6.07) is 11.6. The van der Waals surface area contributed by atoms with Gasteiger partial charge < -0.3 is 5.11 Å². The molecule has 0 bridgehead atoms. The molecule has 2 nitrogen and oxygen atoms in total. The summed E-state index contributed by atoms with van der Waals surface area (Å²) in [4.78, 5) is 2.44. The monoisotopic (exact) mass is 337 g/mol. The van der Waals surface area contributed by atoms with Gasteiger partial charge in [0, 0.05) is 12.1 Å². The fourth-order valence-electron chi connectivity index (χ4n) is 4.29. The molecule has 0 saturated carbocycles. The Morgan fingerprint density at radius 2 is 1.77 bits per heavy atom. The molecule has 2 saturated heterocycles. The number of nitrogens with zero attached hydrogens (tertiary/aromatic N) is 1. The molecule has 0 amide bonds. The Morgan fingerprint density at radius 3 is 2.41 bits per heavy atom. The summed E-state index contributed by atoms with van der Waals surface area (Å²) in [6.45, 7) is 2.36. The second kappa shape index (κ2) is 6.76. The molecule has 0 spiro atoms. The lowest BCUT2D eigenvalue weighted by molar-refractivity contribution is -0.119. The van der Waals surface area contributed by atoms with Crippen molar-refractivity contribution in [2.45, 2.75) is 55.0 Å². The van der Waals surface area contributed by atoms with Crippen molar-refractivity contribution in [2.75, 3.05) is 12.5 Å². The van der Waals surface area contributed by atoms with E-state index in [0.717, 1.165) is 12.8 Å². The van der Waals surface area contributed by atoms with E-state index in [9.17, 15) is 5.11 Å². The zero-order chi connectivity index (χ0) is 15.7. The second-order valence-corrected chi connectivity index (χ2v) is 9.16. The molecular formula is C18H27NOS2. The third kappa shape index (κ3) is 2.72. The first-order chi connectivity index (χ1) is 10.6. The van der Waals surface area contributed by atoms with E-state index in [1.54, 1.807) is 0 Å². The highest BCUT2D eigenvalue weighted by molar-refractivity contribution is 8.17. The van der Waals surface area contributed by atoms with Crippen LogP contribution in [-0.4, -0.2) is 38.9 Å². The van der Waals surface area contributed by atoms with Crippen LogP contribution in [0.1, 0.15) is 44.2 Å². The Kier molecular flexibility index (Phi) is 5.13. The van der Waals surface area contributed by atoms with Gasteiger partial charge in [-0.05, 0) is 49.7 Å². The average molecular weight is 338 g/mol. The Hall–Kier alpha value is -0.160. The SMILES string of the molecule is CSC1(SC)CC[C@@H]2[C@H](C)CC[C@@H](c3ccccc3)N2C1O. The molecule has 2 aliphatic rings. The van der Waals surface area contributed by atoms with Crippen molar-refractivity contribution in [3.63, 3.8) is 0 Å². The third-order valence-corrected chi connectivity index (χ3v) is 8.85. The highest BCUT2D eigenvalue weighted by Gasteiger charge is 2.51. The summed E-state index contributed by atoms with van der Waals surface area (Å²) in [7, 11) is 0. The number of rotatable bonds is 3. The number of aliphatic hydroxyl groups excluding tert-OH is 1. The molecule has 2 fully saturated rings. The average Bonchev–Trinajstić information content (AvgIpc) is 2.57. The Balaban J connectivity index is 1.96. The minimum absolute atomic E-state index is 0.0827. The lowest BCUT2D eigenvalue weighted by atomic mass is 9.79. The number of thioether (sulfide) groups is 2. The molecule has 4 atom stereocenters. The molecule has 3 rings (SSSR count). The standard InChI is InChI=1S/C18H27NOS2/c1-13-9-10-16(14-7-5-4-6-8-14)19-15(13)11-12-18(21-2,22-3)17(19)20/h4-8,13,15-17,20H,9-12H2,1-3H3/t13-,15-,16+,17?/m1/s1. The third-order valence-electron chi connectivity index (χ3n) is 5.63. The molecule has 2 heterocycles. The molecule has 122 valence electrons. The van der Waals surface area contributed by atoms with Crippen LogP contribution in [0, 0.1) is 5.92 Å². The summed E-state index contributed by atoms with van der Waals surface area (Å²) in [5.41, 5.74) is 1.36. The van der Waals surface area contributed by atoms with Crippen LogP contribution in [0.3, 0.4) is 0 Å². The first-order valence-electron chi connectivity index (χ1n) is 8.23. The molecule has 1 N–H and O–H groups in total. The Bertz CT molecular complexity index is 491. The van der Waals surface area contributed by atoms with Gasteiger partial charge in [0.2, 0.25) is 0 Å². The van der Waals surface area contributed by atoms with E-state index in [0.29, 0.717) is 18.0 Å². The summed E-state index contributed by atoms with van der Waals surface area (Å²) in [5.74, 6) is 0.677. The predicted octanol–water partition coefficient (Wildman–Crippen LogP) is 4.36. The smallest absolute Gasteiger partial charge is 0.132 e. The topological polar surface area (TPSA) is 23.5 Å². The van der Waals surface area contributed by atoms with E-state index >= 15 is 0 Å². The van der Waals surface area contributed by atoms with Gasteiger partial charge in [-0.15, -0.1) is 23.5 Å². The van der Waals surface area contributed by atoms with Gasteiger partial charge in [-0.1, -0.05) is 37.3 Å². The Labute approximate surface area is 143 Å². The van der Waals surface area contributed by atoms with Crippen LogP contribution in [0.15, 0.2) is 30.3 Å². The number of aliphatic hydroxyl groups is 1. The first kappa shape index (κ1) is 16.7. The minimum atomic E-state index is -0.371. The van der Waals surface area contributed by atoms with Gasteiger partial charge in [0.15, 0.2) is 0 Å². The summed E-state index contributed by atoms with van der Waals surface area (Å²) < 4.78 is -0.0827. The zero-order valence-corrected chi connectivity index (χ0v) is 15.4. The van der Waals surface area contributed by atoms with Gasteiger partial charge in [0.1, 0.15) is 6.23 Å². The maximum atomic E-state index is 11.2. The van der Waals surface area contributed by atoms with E-state index in [-0.39, 0.29) is 10.3 Å². The summed E-state index contributed by atoms with van der Waals surface area (Å²) in [5, 5.41) is 11.2. The number of benzene rings is 1. The number of hydrogen-bond donors (Lipinski definition) is 1. The summed E-state index contributed by atoms with van der Waals surface area (Å²) in [6.07, 6.45) is 8.63. The predicted molar refractivity (Wildman–Crippen MR) is 98.2 cm³/mol. The molecule has 22 heavy (non-hydrogen) atoms. The highest BCUT2D eigenvalue weighted by Crippen LogP contribution is 2.52. The van der Waals surface area contributed by atoms with Crippen LogP contribution in [0.4, 0.5) is 0 Å². The van der Waals surface area contributed by atoms with Crippen molar-refractivity contribution in [3.05, 3.63) is 35.9 Å². The Morgan fingerprint density at radius 1 is 1.09 bits per heavy atom. The van der Waals surface area contributed by atoms with Crippen molar-refractivity contribution in [1.82, 2.24) is 4.90 Å². The van der Waals surface area contributed by atoms with E-state index in [1.807, 2.05) is 23.5 Å². The van der Waals surface area contributed by atoms with Crippen molar-refractivity contribution < 1.29 is 5.11 Å². The zero-order valence-electron chi connectivity index (χ0n) is 13.7. The lowest BCUT2D eigenvalue weighted by Gasteiger charge is -2.56. The van der Waals surface area contributed by atoms with Gasteiger partial charge in [-0.25, -0.2) is 0 Å². The van der Waals surface area contributed by atoms with Gasteiger partial charge in [0.25, 0.3) is 0 Å². The largest absolute Gasteiger partial charge is 0.376 e. The van der Waals surface area contributed by atoms with Crippen molar-refractivity contribution >= 4 is 23.5 Å². The number of hydrogen-bond acceptors (Lipinski definition) is 4. The summed E-state index contributed by atoms with van der Waals surface area (Å²) >= 11 is 3.65. The fraction of sp³-hybridized carbons (Fsp3) is 0.667. The molecule has 0 aliphatic carbocycles. The van der Waals surface area contributed by atoms with Crippen LogP contribution < -0.4 is 0 Å². The quantitative estimate of drug-likeness (QED) is 0.828. The molecule has 0 radical (unpaired) electrons. The second-order valence-electron chi connectivity index (χ2n) is 6.63. The van der Waals surface area contributed by atoms with Crippen LogP contribution in [0.25, 0.3) is 0 Å². The molecule has 1 aromatic rings. The molecule has 4 heteroatoms. The van der Waals surface area contributed by atoms with E-state index in [4.69, 9.17) is 0 Å². The van der Waals surface area contributed by atoms with Gasteiger partial charge in [-0.3, -0.25) is 4.90 Å². The number of fused-ring (bicyclic) bond motifs is 1. The molecule has 0 aromatic heterocycles. The maximum absolute atomic E-state index is 11.2. The molecule has 2 aliphatic heterocycles. The van der Waals surface area contributed by atoms with Gasteiger partial charge in [0.05, 0.1) is 4.08 Å². The first-order valence-corrected chi connectivity index (χ1v) is 10.7. The van der Waals surface area contributed by atoms with Crippen LogP contribution in [0.5, 0.6) is 0 Å². The van der Waals surface area contributed by atoms with Crippen LogP contribution >= 0.6 is 23.5 Å². The molecular weight excluding hydrogens is 310 g/mol. The van der Waals surface area contributed by atoms with Gasteiger partial charge in [-0.2, -0.15) is 0 Å². The molecule has 1 aromatic carbocycles. The maximum Gasteiger partial charge on any atom is 0.132 e. The minimum Gasteiger partial charge on any atom is -0.376 e. The van der Waals surface area contributed by atoms with E-state index < -0.39 is 0 Å². The molecule has 1 unspecified atom stereocenters. The van der Waals surface area contributed by atoms with E-state index in [2.05, 4.69) is 54.7 Å². The fourth-order valence-corrected chi connectivity index (χ4v) is 6.27. The van der Waals surface area contributed by atoms with Crippen LogP contribution in [-0.2, 0) is 0 Å². The number of piperidine rings is 2. The normalized spacial score (nSPS) is 35.1. The highest BCUT2D eigenvalue weighted by atomic mass is 32.2. The van der Waals surface area contributed by atoms with E-state index in [1.165, 1.54) is 18.4 Å². The van der Waals surface area contributed by atoms with Crippen molar-refractivity contribution in [3.8, 4) is 0 Å². The lowest BCUT2D eigenvalue weighted by Crippen LogP contribution is -2.61. The van der Waals surface area contributed by atoms with Crippen molar-refractivity contribution in [1.29, 1.82) is 0 Å².